The molecule has 0 aliphatic rings. The number of ether oxygens (including phenoxy) is 1. The Morgan fingerprint density at radius 2 is 1.86 bits per heavy atom. The number of sulfonamides is 1. The molecule has 2 rings (SSSR count). The molecule has 0 bridgehead atoms. The fourth-order valence-corrected chi connectivity index (χ4v) is 5.26. The van der Waals surface area contributed by atoms with Gasteiger partial charge in [0.25, 0.3) is 5.91 Å². The Morgan fingerprint density at radius 3 is 2.49 bits per heavy atom. The number of carbonyl (C=O) groups excluding carboxylic acids is 2. The van der Waals surface area contributed by atoms with Gasteiger partial charge in [-0.3, -0.25) is 4.79 Å². The van der Waals surface area contributed by atoms with E-state index in [9.17, 15) is 18.0 Å². The summed E-state index contributed by atoms with van der Waals surface area (Å²) in [7, 11) is -3.60. The molecular weight excluding hydrogens is 488 g/mol. The smallest absolute Gasteiger partial charge is 0.328 e. The summed E-state index contributed by atoms with van der Waals surface area (Å²) in [6.45, 7) is 8.11. The number of carbonyl (C=O) groups is 2. The number of aromatic nitrogens is 1. The van der Waals surface area contributed by atoms with E-state index in [4.69, 9.17) is 10.5 Å². The summed E-state index contributed by atoms with van der Waals surface area (Å²) in [5.74, 6) is -0.601. The van der Waals surface area contributed by atoms with E-state index in [2.05, 4.69) is 28.9 Å². The van der Waals surface area contributed by atoms with Crippen molar-refractivity contribution in [2.75, 3.05) is 13.2 Å². The van der Waals surface area contributed by atoms with Crippen molar-refractivity contribution in [3.05, 3.63) is 45.9 Å². The lowest BCUT2D eigenvalue weighted by molar-refractivity contribution is -0.145. The SMILES string of the molecule is CCOC(=O)C(CCCCNS(=O)(=O)c1ccc(C)cc1)NC(=O)c1csc(C(N)CC(C)C)n1. The summed E-state index contributed by atoms with van der Waals surface area (Å²) in [6.07, 6.45) is 2.05. The first-order chi connectivity index (χ1) is 16.5. The number of nitrogens with two attached hydrogens (primary N) is 1. The quantitative estimate of drug-likeness (QED) is 0.254. The summed E-state index contributed by atoms with van der Waals surface area (Å²) < 4.78 is 32.4. The number of nitrogens with one attached hydrogen (secondary N) is 2. The summed E-state index contributed by atoms with van der Waals surface area (Å²) in [5.41, 5.74) is 7.35. The van der Waals surface area contributed by atoms with Gasteiger partial charge in [-0.25, -0.2) is 22.9 Å². The van der Waals surface area contributed by atoms with Crippen LogP contribution in [-0.2, 0) is 19.6 Å². The third-order valence-corrected chi connectivity index (χ3v) is 7.67. The van der Waals surface area contributed by atoms with E-state index in [1.54, 1.807) is 36.6 Å². The highest BCUT2D eigenvalue weighted by molar-refractivity contribution is 7.89. The van der Waals surface area contributed by atoms with E-state index in [-0.39, 0.29) is 29.8 Å². The second kappa shape index (κ2) is 13.7. The van der Waals surface area contributed by atoms with Gasteiger partial charge >= 0.3 is 5.97 Å². The lowest BCUT2D eigenvalue weighted by atomic mass is 10.1. The Labute approximate surface area is 211 Å². The van der Waals surface area contributed by atoms with Crippen LogP contribution in [0.2, 0.25) is 0 Å². The van der Waals surface area contributed by atoms with E-state index in [1.165, 1.54) is 11.3 Å². The van der Waals surface area contributed by atoms with Crippen LogP contribution < -0.4 is 15.8 Å². The first kappa shape index (κ1) is 28.9. The van der Waals surface area contributed by atoms with Crippen molar-refractivity contribution in [3.63, 3.8) is 0 Å². The van der Waals surface area contributed by atoms with Crippen LogP contribution in [0.1, 0.15) is 73.6 Å². The number of rotatable bonds is 14. The molecule has 0 saturated carbocycles. The van der Waals surface area contributed by atoms with Gasteiger partial charge in [0.05, 0.1) is 17.5 Å². The minimum Gasteiger partial charge on any atom is -0.464 e. The topological polar surface area (TPSA) is 140 Å². The maximum absolute atomic E-state index is 12.7. The number of hydrogen-bond acceptors (Lipinski definition) is 8. The van der Waals surface area contributed by atoms with E-state index in [0.717, 1.165) is 12.0 Å². The van der Waals surface area contributed by atoms with Gasteiger partial charge in [0.2, 0.25) is 10.0 Å². The Kier molecular flexibility index (Phi) is 11.3. The molecule has 35 heavy (non-hydrogen) atoms. The minimum atomic E-state index is -3.60. The lowest BCUT2D eigenvalue weighted by Crippen LogP contribution is -2.42. The minimum absolute atomic E-state index is 0.187. The van der Waals surface area contributed by atoms with Gasteiger partial charge in [-0.15, -0.1) is 11.3 Å². The number of amides is 1. The van der Waals surface area contributed by atoms with Gasteiger partial charge in [-0.1, -0.05) is 31.5 Å². The molecule has 194 valence electrons. The van der Waals surface area contributed by atoms with Crippen molar-refractivity contribution < 1.29 is 22.7 Å². The molecule has 0 fully saturated rings. The van der Waals surface area contributed by atoms with Crippen molar-refractivity contribution in [3.8, 4) is 0 Å². The first-order valence-electron chi connectivity index (χ1n) is 11.8. The van der Waals surface area contributed by atoms with Crippen LogP contribution in [0, 0.1) is 12.8 Å². The van der Waals surface area contributed by atoms with E-state index in [0.29, 0.717) is 30.2 Å². The Morgan fingerprint density at radius 1 is 1.17 bits per heavy atom. The zero-order valence-electron chi connectivity index (χ0n) is 20.7. The summed E-state index contributed by atoms with van der Waals surface area (Å²) in [6, 6.07) is 5.50. The van der Waals surface area contributed by atoms with Crippen LogP contribution in [-0.4, -0.2) is 44.5 Å². The molecule has 2 atom stereocenters. The van der Waals surface area contributed by atoms with E-state index >= 15 is 0 Å². The number of esters is 1. The highest BCUT2D eigenvalue weighted by atomic mass is 32.2. The monoisotopic (exact) mass is 524 g/mol. The zero-order valence-corrected chi connectivity index (χ0v) is 22.4. The maximum Gasteiger partial charge on any atom is 0.328 e. The van der Waals surface area contributed by atoms with Gasteiger partial charge < -0.3 is 15.8 Å². The molecule has 2 unspecified atom stereocenters. The molecule has 1 amide bonds. The van der Waals surface area contributed by atoms with Gasteiger partial charge in [0, 0.05) is 11.9 Å². The molecule has 2 aromatic rings. The Balaban J connectivity index is 1.90. The molecule has 1 aromatic carbocycles. The predicted molar refractivity (Wildman–Crippen MR) is 137 cm³/mol. The van der Waals surface area contributed by atoms with Gasteiger partial charge in [0.1, 0.15) is 16.7 Å². The average molecular weight is 525 g/mol. The highest BCUT2D eigenvalue weighted by Gasteiger charge is 2.24. The molecule has 1 aromatic heterocycles. The second-order valence-electron chi connectivity index (χ2n) is 8.79. The van der Waals surface area contributed by atoms with Crippen molar-refractivity contribution in [2.45, 2.75) is 70.4 Å². The Hall–Kier alpha value is -2.34. The summed E-state index contributed by atoms with van der Waals surface area (Å²) in [4.78, 5) is 29.7. The van der Waals surface area contributed by atoms with Crippen LogP contribution in [0.3, 0.4) is 0 Å². The number of thiazole rings is 1. The number of hydrogen-bond donors (Lipinski definition) is 3. The molecule has 1 heterocycles. The molecule has 0 aliphatic carbocycles. The number of aryl methyl sites for hydroxylation is 1. The van der Waals surface area contributed by atoms with Gasteiger partial charge in [-0.05, 0) is 57.6 Å². The first-order valence-corrected chi connectivity index (χ1v) is 14.1. The summed E-state index contributed by atoms with van der Waals surface area (Å²) >= 11 is 1.32. The molecule has 11 heteroatoms. The fourth-order valence-electron chi connectivity index (χ4n) is 3.38. The Bertz CT molecular complexity index is 1070. The summed E-state index contributed by atoms with van der Waals surface area (Å²) in [5, 5.41) is 5.01. The number of benzene rings is 1. The normalized spacial score (nSPS) is 13.4. The van der Waals surface area contributed by atoms with Crippen LogP contribution >= 0.6 is 11.3 Å². The third-order valence-electron chi connectivity index (χ3n) is 5.22. The molecule has 0 spiro atoms. The van der Waals surface area contributed by atoms with Crippen molar-refractivity contribution in [1.29, 1.82) is 0 Å². The molecule has 0 radical (unpaired) electrons. The van der Waals surface area contributed by atoms with Gasteiger partial charge in [0.15, 0.2) is 0 Å². The van der Waals surface area contributed by atoms with Gasteiger partial charge in [-0.2, -0.15) is 0 Å². The van der Waals surface area contributed by atoms with Crippen LogP contribution in [0.15, 0.2) is 34.5 Å². The third kappa shape index (κ3) is 9.32. The average Bonchev–Trinajstić information content (AvgIpc) is 3.28. The predicted octanol–water partition coefficient (Wildman–Crippen LogP) is 3.31. The molecular formula is C24H36N4O5S2. The fraction of sp³-hybridized carbons (Fsp3) is 0.542. The van der Waals surface area contributed by atoms with Crippen molar-refractivity contribution in [2.24, 2.45) is 11.7 Å². The molecule has 0 saturated heterocycles. The van der Waals surface area contributed by atoms with Crippen LogP contribution in [0.5, 0.6) is 0 Å². The molecule has 9 nitrogen and oxygen atoms in total. The molecule has 4 N–H and O–H groups in total. The van der Waals surface area contributed by atoms with E-state index in [1.807, 2.05) is 6.92 Å². The van der Waals surface area contributed by atoms with Crippen molar-refractivity contribution >= 4 is 33.2 Å². The van der Waals surface area contributed by atoms with E-state index < -0.39 is 27.9 Å². The van der Waals surface area contributed by atoms with Crippen LogP contribution in [0.25, 0.3) is 0 Å². The standard InChI is InChI=1S/C24H36N4O5S2/c1-5-33-24(30)20(27-22(29)21-15-34-23(28-21)19(25)14-16(2)3)8-6-7-13-26-35(31,32)18-11-9-17(4)10-12-18/h9-12,15-16,19-20,26H,5-8,13-14,25H2,1-4H3,(H,27,29). The second-order valence-corrected chi connectivity index (χ2v) is 11.4. The highest BCUT2D eigenvalue weighted by Crippen LogP contribution is 2.22. The maximum atomic E-state index is 12.7. The largest absolute Gasteiger partial charge is 0.464 e. The van der Waals surface area contributed by atoms with Crippen LogP contribution in [0.4, 0.5) is 0 Å². The van der Waals surface area contributed by atoms with Crippen molar-refractivity contribution in [1.82, 2.24) is 15.0 Å². The zero-order chi connectivity index (χ0) is 26.0. The number of unbranched alkanes of at least 4 members (excludes halogenated alkanes) is 1. The molecule has 0 aliphatic heterocycles. The lowest BCUT2D eigenvalue weighted by Gasteiger charge is -2.17. The number of nitrogens with zero attached hydrogens (tertiary/aromatic N) is 1.